The van der Waals surface area contributed by atoms with E-state index in [0.29, 0.717) is 0 Å². The first kappa shape index (κ1) is 11.9. The second kappa shape index (κ2) is 10.9. The fraction of sp³-hybridized carbons (Fsp3) is 0.200. The summed E-state index contributed by atoms with van der Waals surface area (Å²) < 4.78 is 0. The van der Waals surface area contributed by atoms with E-state index < -0.39 is 0 Å². The van der Waals surface area contributed by atoms with Gasteiger partial charge in [-0.3, -0.25) is 12.2 Å². The van der Waals surface area contributed by atoms with Crippen LogP contribution in [0.3, 0.4) is 0 Å². The van der Waals surface area contributed by atoms with Crippen LogP contribution < -0.4 is 0 Å². The van der Waals surface area contributed by atoms with Crippen molar-refractivity contribution in [3.8, 4) is 0 Å². The van der Waals surface area contributed by atoms with Crippen LogP contribution in [0, 0.1) is 12.2 Å². The van der Waals surface area contributed by atoms with E-state index in [1.807, 2.05) is 24.3 Å². The van der Waals surface area contributed by atoms with Gasteiger partial charge in [-0.05, 0) is 0 Å². The summed E-state index contributed by atoms with van der Waals surface area (Å²) in [6, 6.07) is 0. The van der Waals surface area contributed by atoms with Crippen molar-refractivity contribution in [2.75, 3.05) is 0 Å². The average Bonchev–Trinajstić information content (AvgIpc) is 2.87. The van der Waals surface area contributed by atoms with Crippen LogP contribution in [0.2, 0.25) is 0 Å². The van der Waals surface area contributed by atoms with Crippen LogP contribution in [0.5, 0.6) is 0 Å². The summed E-state index contributed by atoms with van der Waals surface area (Å²) in [6.45, 7) is 0. The maximum atomic E-state index is 4.61. The Balaban J connectivity index is 0.000000168. The summed E-state index contributed by atoms with van der Waals surface area (Å²) in [5, 5.41) is 0. The number of rotatable bonds is 0. The molecule has 0 nitrogen and oxygen atoms in total. The molecule has 2 heteroatoms. The molecule has 0 fully saturated rings. The van der Waals surface area contributed by atoms with Crippen LogP contribution in [0.15, 0.2) is 36.5 Å². The summed E-state index contributed by atoms with van der Waals surface area (Å²) in [5.74, 6) is 0. The van der Waals surface area contributed by atoms with E-state index in [0.717, 1.165) is 12.8 Å². The molecule has 0 radical (unpaired) electrons. The summed E-state index contributed by atoms with van der Waals surface area (Å²) in [5.41, 5.74) is 0. The van der Waals surface area contributed by atoms with Crippen LogP contribution >= 0.6 is 9.42 Å². The summed E-state index contributed by atoms with van der Waals surface area (Å²) in [6.07, 6.45) is 20.0. The summed E-state index contributed by atoms with van der Waals surface area (Å²) in [7, 11) is 4.61. The molecule has 0 spiro atoms. The molecule has 2 rings (SSSR count). The molecule has 12 heavy (non-hydrogen) atoms. The molecule has 0 bridgehead atoms. The van der Waals surface area contributed by atoms with Gasteiger partial charge in [0.15, 0.2) is 0 Å². The first-order chi connectivity index (χ1) is 6.00. The zero-order valence-corrected chi connectivity index (χ0v) is 9.60. The Hall–Kier alpha value is -0.0617. The molecule has 0 heterocycles. The van der Waals surface area contributed by atoms with Crippen LogP contribution in [0.4, 0.5) is 0 Å². The molecule has 0 aromatic heterocycles. The zero-order valence-electron chi connectivity index (χ0n) is 6.57. The number of hydrogen-bond acceptors (Lipinski definition) is 0. The van der Waals surface area contributed by atoms with Gasteiger partial charge in [-0.15, -0.1) is 12.8 Å². The van der Waals surface area contributed by atoms with Gasteiger partial charge in [0, 0.05) is 0 Å². The molecule has 0 amide bonds. The standard InChI is InChI=1S/2C5H5.ClH.Pt/c2*1-2-4-5-3-1;;/h2*1-3H,4H2;1H;/q2*-1;;+1/p-1. The fourth-order valence-corrected chi connectivity index (χ4v) is 0.680. The molecule has 0 aromatic rings. The Morgan fingerprint density at radius 3 is 1.42 bits per heavy atom. The van der Waals surface area contributed by atoms with E-state index in [9.17, 15) is 0 Å². The molecular weight excluding hydrogens is 351 g/mol. The van der Waals surface area contributed by atoms with E-state index in [2.05, 4.69) is 33.7 Å². The Bertz CT molecular complexity index is 148. The molecule has 69 valence electrons. The summed E-state index contributed by atoms with van der Waals surface area (Å²) in [4.78, 5) is 0. The van der Waals surface area contributed by atoms with Crippen molar-refractivity contribution < 1.29 is 18.8 Å². The van der Waals surface area contributed by atoms with E-state index in [1.165, 1.54) is 0 Å². The van der Waals surface area contributed by atoms with Gasteiger partial charge in [-0.25, -0.2) is 24.3 Å². The third-order valence-corrected chi connectivity index (χ3v) is 1.17. The molecule has 0 saturated carbocycles. The normalized spacial score (nSPS) is 15.2. The van der Waals surface area contributed by atoms with Crippen LogP contribution in [-0.2, 0) is 18.8 Å². The Morgan fingerprint density at radius 2 is 1.33 bits per heavy atom. The quantitative estimate of drug-likeness (QED) is 0.582. The molecule has 2 aliphatic carbocycles. The minimum absolute atomic E-state index is 1.01. The van der Waals surface area contributed by atoms with Gasteiger partial charge in [0.25, 0.3) is 0 Å². The molecule has 0 unspecified atom stereocenters. The van der Waals surface area contributed by atoms with E-state index in [-0.39, 0.29) is 0 Å². The molecule has 0 saturated heterocycles. The molecule has 0 aromatic carbocycles. The van der Waals surface area contributed by atoms with E-state index in [4.69, 9.17) is 0 Å². The SMILES string of the molecule is [C-]1=CC=CC1.[C-]1=CC=CC1.[Cl][Pt]. The van der Waals surface area contributed by atoms with Crippen LogP contribution in [0.1, 0.15) is 12.8 Å². The topological polar surface area (TPSA) is 0 Å². The van der Waals surface area contributed by atoms with E-state index >= 15 is 0 Å². The third-order valence-electron chi connectivity index (χ3n) is 1.17. The van der Waals surface area contributed by atoms with Crippen molar-refractivity contribution in [2.24, 2.45) is 0 Å². The van der Waals surface area contributed by atoms with Gasteiger partial charge in [-0.1, -0.05) is 0 Å². The first-order valence-electron chi connectivity index (χ1n) is 3.55. The van der Waals surface area contributed by atoms with Gasteiger partial charge >= 0.3 is 28.2 Å². The predicted octanol–water partition coefficient (Wildman–Crippen LogP) is 3.30. The van der Waals surface area contributed by atoms with Gasteiger partial charge in [0.2, 0.25) is 0 Å². The summed E-state index contributed by atoms with van der Waals surface area (Å²) >= 11 is 1.61. The maximum absolute atomic E-state index is 4.61. The molecule has 0 N–H and O–H groups in total. The molecule has 2 aliphatic rings. The van der Waals surface area contributed by atoms with Crippen molar-refractivity contribution >= 4 is 9.42 Å². The van der Waals surface area contributed by atoms with Crippen molar-refractivity contribution in [1.82, 2.24) is 0 Å². The van der Waals surface area contributed by atoms with Gasteiger partial charge < -0.3 is 0 Å². The van der Waals surface area contributed by atoms with Gasteiger partial charge in [0.05, 0.1) is 0 Å². The monoisotopic (exact) mass is 360 g/mol. The molecule has 0 atom stereocenters. The fourth-order valence-electron chi connectivity index (χ4n) is 0.680. The molecule has 0 aliphatic heterocycles. The van der Waals surface area contributed by atoms with Crippen molar-refractivity contribution in [3.63, 3.8) is 0 Å². The van der Waals surface area contributed by atoms with Crippen LogP contribution in [-0.4, -0.2) is 0 Å². The van der Waals surface area contributed by atoms with Crippen molar-refractivity contribution in [3.05, 3.63) is 48.6 Å². The zero-order chi connectivity index (χ0) is 9.07. The number of halogens is 1. The van der Waals surface area contributed by atoms with E-state index in [1.54, 1.807) is 18.8 Å². The molecular formula is C10H10ClPt-2. The van der Waals surface area contributed by atoms with Crippen LogP contribution in [0.25, 0.3) is 0 Å². The van der Waals surface area contributed by atoms with Gasteiger partial charge in [-0.2, -0.15) is 12.2 Å². The third kappa shape index (κ3) is 8.04. The predicted molar refractivity (Wildman–Crippen MR) is 49.0 cm³/mol. The van der Waals surface area contributed by atoms with Crippen molar-refractivity contribution in [1.29, 1.82) is 0 Å². The second-order valence-electron chi connectivity index (χ2n) is 2.01. The minimum atomic E-state index is 1.01. The average molecular weight is 361 g/mol. The first-order valence-corrected chi connectivity index (χ1v) is 6.37. The van der Waals surface area contributed by atoms with Gasteiger partial charge in [0.1, 0.15) is 0 Å². The number of hydrogen-bond donors (Lipinski definition) is 0. The number of allylic oxidation sites excluding steroid dienone is 8. The second-order valence-corrected chi connectivity index (χ2v) is 2.01. The Kier molecular flexibility index (Phi) is 10.9. The van der Waals surface area contributed by atoms with Crippen molar-refractivity contribution in [2.45, 2.75) is 12.8 Å². The Labute approximate surface area is 89.5 Å². The Morgan fingerprint density at radius 1 is 0.917 bits per heavy atom.